The van der Waals surface area contributed by atoms with Gasteiger partial charge in [0, 0.05) is 0 Å². The van der Waals surface area contributed by atoms with Crippen LogP contribution in [0.15, 0.2) is 18.7 Å². The summed E-state index contributed by atoms with van der Waals surface area (Å²) in [6.07, 6.45) is 5.35. The minimum Gasteiger partial charge on any atom is -0.271 e. The first kappa shape index (κ1) is 4.85. The van der Waals surface area contributed by atoms with Gasteiger partial charge in [-0.15, -0.1) is 0 Å². The number of aromatic amines is 1. The predicted octanol–water partition coefficient (Wildman–Crippen LogP) is 0.179. The summed E-state index contributed by atoms with van der Waals surface area (Å²) in [4.78, 5) is 6.01. The van der Waals surface area contributed by atoms with E-state index in [1.165, 1.54) is 0 Å². The molecule has 1 heterocycles. The number of H-pyrrole nitrogens is 1. The van der Waals surface area contributed by atoms with Crippen LogP contribution in [0.5, 0.6) is 0 Å². The summed E-state index contributed by atoms with van der Waals surface area (Å²) in [6.45, 7) is 6.88. The van der Waals surface area contributed by atoms with Crippen LogP contribution in [0.4, 0.5) is 0 Å². The third-order valence-corrected chi connectivity index (χ3v) is 0.837. The highest BCUT2D eigenvalue weighted by molar-refractivity contribution is 4.56. The van der Waals surface area contributed by atoms with Crippen molar-refractivity contribution >= 4 is 0 Å². The van der Waals surface area contributed by atoms with Crippen LogP contribution < -0.4 is 4.57 Å². The van der Waals surface area contributed by atoms with Crippen LogP contribution in [0.2, 0.25) is 0 Å². The average molecular weight is 108 g/mol. The van der Waals surface area contributed by atoms with E-state index in [-0.39, 0.29) is 0 Å². The highest BCUT2D eigenvalue weighted by Crippen LogP contribution is 1.68. The number of hydrogen-bond acceptors (Lipinski definition) is 0. The molecule has 0 radical (unpaired) electrons. The van der Waals surface area contributed by atoms with Crippen molar-refractivity contribution in [1.29, 1.82) is 0 Å². The molecule has 1 aromatic rings. The molecule has 0 spiro atoms. The van der Waals surface area contributed by atoms with Crippen LogP contribution >= 0.6 is 0 Å². The molecule has 0 saturated carbocycles. The summed E-state index contributed by atoms with van der Waals surface area (Å²) in [6, 6.07) is 0. The Morgan fingerprint density at radius 2 is 2.62 bits per heavy atom. The van der Waals surface area contributed by atoms with Gasteiger partial charge in [-0.1, -0.05) is 0 Å². The second-order valence-corrected chi connectivity index (χ2v) is 1.43. The second kappa shape index (κ2) is 2.12. The average Bonchev–Trinajstić information content (AvgIpc) is 2.19. The molecule has 1 aromatic heterocycles. The van der Waals surface area contributed by atoms with Gasteiger partial charge < -0.3 is 0 Å². The molecule has 0 bridgehead atoms. The van der Waals surface area contributed by atoms with Gasteiger partial charge in [0.15, 0.2) is 0 Å². The van der Waals surface area contributed by atoms with Crippen molar-refractivity contribution in [3.63, 3.8) is 0 Å². The van der Waals surface area contributed by atoms with E-state index < -0.39 is 0 Å². The fourth-order valence-corrected chi connectivity index (χ4v) is 0.490. The molecule has 0 unspecified atom stereocenters. The van der Waals surface area contributed by atoms with E-state index in [9.17, 15) is 0 Å². The third-order valence-electron chi connectivity index (χ3n) is 0.837. The van der Waals surface area contributed by atoms with Gasteiger partial charge in [-0.3, -0.25) is 9.83 Å². The van der Waals surface area contributed by atoms with Gasteiger partial charge in [0.2, 0.25) is 6.33 Å². The van der Waals surface area contributed by atoms with E-state index in [2.05, 4.69) is 9.83 Å². The lowest BCUT2D eigenvalue weighted by Crippen LogP contribution is -2.27. The lowest BCUT2D eigenvalue weighted by Gasteiger charge is -1.74. The first-order valence-corrected chi connectivity index (χ1v) is 2.28. The zero-order valence-electron chi connectivity index (χ0n) is 4.33. The highest BCUT2D eigenvalue weighted by atomic mass is 15.1. The topological polar surface area (TPSA) is 24.0 Å². The lowest BCUT2D eigenvalue weighted by atomic mass is 10.9. The first-order valence-electron chi connectivity index (χ1n) is 2.28. The van der Waals surface area contributed by atoms with Crippen LogP contribution in [0.3, 0.4) is 0 Å². The van der Waals surface area contributed by atoms with Crippen LogP contribution in [-0.2, 0) is 6.67 Å². The van der Waals surface area contributed by atoms with Crippen molar-refractivity contribution in [3.05, 3.63) is 30.1 Å². The first-order chi connectivity index (χ1) is 3.93. The minimum absolute atomic E-state index is 0.406. The van der Waals surface area contributed by atoms with Crippen LogP contribution in [-0.4, -0.2) is 4.98 Å². The largest absolute Gasteiger partial charge is 0.353 e. The van der Waals surface area contributed by atoms with Crippen LogP contribution in [0.1, 0.15) is 0 Å². The van der Waals surface area contributed by atoms with Gasteiger partial charge in [-0.25, -0.2) is 6.57 Å². The van der Waals surface area contributed by atoms with E-state index in [4.69, 9.17) is 6.57 Å². The Kier molecular flexibility index (Phi) is 1.29. The van der Waals surface area contributed by atoms with Gasteiger partial charge in [0.25, 0.3) is 0 Å². The molecule has 3 nitrogen and oxygen atoms in total. The molecule has 3 heteroatoms. The SMILES string of the molecule is [C-]#[N+]C[n+]1cc[nH]c1. The molecule has 0 atom stereocenters. The third kappa shape index (κ3) is 0.850. The van der Waals surface area contributed by atoms with Crippen molar-refractivity contribution in [2.24, 2.45) is 0 Å². The quantitative estimate of drug-likeness (QED) is 0.392. The van der Waals surface area contributed by atoms with Gasteiger partial charge in [-0.05, 0) is 0 Å². The van der Waals surface area contributed by atoms with E-state index in [0.29, 0.717) is 6.67 Å². The maximum absolute atomic E-state index is 6.47. The Hall–Kier alpha value is -1.30. The number of aromatic nitrogens is 2. The molecular weight excluding hydrogens is 102 g/mol. The molecule has 8 heavy (non-hydrogen) atoms. The van der Waals surface area contributed by atoms with Crippen molar-refractivity contribution in [2.75, 3.05) is 0 Å². The van der Waals surface area contributed by atoms with Crippen LogP contribution in [0, 0.1) is 6.57 Å². The molecule has 0 aliphatic carbocycles. The summed E-state index contributed by atoms with van der Waals surface area (Å²) >= 11 is 0. The van der Waals surface area contributed by atoms with Gasteiger partial charge in [-0.2, -0.15) is 4.57 Å². The summed E-state index contributed by atoms with van der Waals surface area (Å²) < 4.78 is 1.77. The smallest absolute Gasteiger partial charge is 0.271 e. The molecule has 1 N–H and O–H groups in total. The van der Waals surface area contributed by atoms with Crippen molar-refractivity contribution < 1.29 is 4.57 Å². The van der Waals surface area contributed by atoms with Gasteiger partial charge >= 0.3 is 6.67 Å². The Labute approximate surface area is 47.4 Å². The monoisotopic (exact) mass is 108 g/mol. The maximum atomic E-state index is 6.47. The summed E-state index contributed by atoms with van der Waals surface area (Å²) in [5, 5.41) is 0. The molecule has 0 aliphatic heterocycles. The fourth-order valence-electron chi connectivity index (χ4n) is 0.490. The molecule has 40 valence electrons. The zero-order valence-corrected chi connectivity index (χ0v) is 4.33. The minimum atomic E-state index is 0.406. The lowest BCUT2D eigenvalue weighted by molar-refractivity contribution is -0.686. The summed E-state index contributed by atoms with van der Waals surface area (Å²) in [7, 11) is 0. The predicted molar refractivity (Wildman–Crippen MR) is 27.6 cm³/mol. The normalized spacial score (nSPS) is 8.38. The Bertz CT molecular complexity index is 182. The van der Waals surface area contributed by atoms with E-state index >= 15 is 0 Å². The van der Waals surface area contributed by atoms with Crippen molar-refractivity contribution in [1.82, 2.24) is 4.98 Å². The number of hydrogen-bond donors (Lipinski definition) is 1. The number of imidazole rings is 1. The molecule has 0 aromatic carbocycles. The summed E-state index contributed by atoms with van der Waals surface area (Å²) in [5.41, 5.74) is 0. The number of nitrogens with zero attached hydrogens (tertiary/aromatic N) is 2. The second-order valence-electron chi connectivity index (χ2n) is 1.43. The zero-order chi connectivity index (χ0) is 5.82. The summed E-state index contributed by atoms with van der Waals surface area (Å²) in [5.74, 6) is 0. The van der Waals surface area contributed by atoms with Gasteiger partial charge in [0.1, 0.15) is 12.4 Å². The molecule has 0 amide bonds. The highest BCUT2D eigenvalue weighted by Gasteiger charge is 1.92. The van der Waals surface area contributed by atoms with Gasteiger partial charge in [0.05, 0.1) is 0 Å². The Morgan fingerprint density at radius 3 is 3.12 bits per heavy atom. The number of nitrogens with one attached hydrogen (secondary N) is 1. The number of rotatable bonds is 1. The fraction of sp³-hybridized carbons (Fsp3) is 0.200. The Balaban J connectivity index is 2.67. The van der Waals surface area contributed by atoms with E-state index in [1.54, 1.807) is 17.1 Å². The molecule has 1 rings (SSSR count). The molecular formula is C5H6N3+. The Morgan fingerprint density at radius 1 is 1.75 bits per heavy atom. The molecule has 0 saturated heterocycles. The van der Waals surface area contributed by atoms with Crippen LogP contribution in [0.25, 0.3) is 4.85 Å². The van der Waals surface area contributed by atoms with E-state index in [1.807, 2.05) is 6.20 Å². The van der Waals surface area contributed by atoms with Crippen molar-refractivity contribution in [2.45, 2.75) is 6.67 Å². The maximum Gasteiger partial charge on any atom is 0.353 e. The molecule has 0 aliphatic rings. The van der Waals surface area contributed by atoms with E-state index in [0.717, 1.165) is 0 Å². The standard InChI is InChI=1S/C5H5N3/c1-6-4-8-3-2-7-5-8/h2-3,5H,4H2/p+1. The molecule has 0 fully saturated rings. The van der Waals surface area contributed by atoms with Crippen molar-refractivity contribution in [3.8, 4) is 0 Å².